The summed E-state index contributed by atoms with van der Waals surface area (Å²) >= 11 is 0. The SMILES string of the molecule is CCCn1cc(C(CCC2CCCCC2)NCC)cn1. The lowest BCUT2D eigenvalue weighted by Crippen LogP contribution is -2.21. The molecule has 0 radical (unpaired) electrons. The fourth-order valence-electron chi connectivity index (χ4n) is 3.42. The summed E-state index contributed by atoms with van der Waals surface area (Å²) in [5.74, 6) is 0.968. The molecule has 114 valence electrons. The number of rotatable bonds is 8. The van der Waals surface area contributed by atoms with Gasteiger partial charge in [0.1, 0.15) is 0 Å². The Labute approximate surface area is 124 Å². The number of aromatic nitrogens is 2. The van der Waals surface area contributed by atoms with Crippen LogP contribution in [0.3, 0.4) is 0 Å². The first-order valence-corrected chi connectivity index (χ1v) is 8.59. The zero-order valence-electron chi connectivity index (χ0n) is 13.3. The van der Waals surface area contributed by atoms with Gasteiger partial charge in [0.05, 0.1) is 6.20 Å². The second-order valence-electron chi connectivity index (χ2n) is 6.23. The molecule has 1 heterocycles. The Hall–Kier alpha value is -0.830. The van der Waals surface area contributed by atoms with Crippen LogP contribution in [0.25, 0.3) is 0 Å². The Kier molecular flexibility index (Phi) is 6.58. The molecule has 1 aromatic rings. The molecule has 0 amide bonds. The van der Waals surface area contributed by atoms with Crippen molar-refractivity contribution in [2.75, 3.05) is 6.54 Å². The molecule has 2 rings (SSSR count). The van der Waals surface area contributed by atoms with Crippen LogP contribution < -0.4 is 5.32 Å². The molecular formula is C17H31N3. The van der Waals surface area contributed by atoms with Crippen LogP contribution in [0, 0.1) is 5.92 Å². The van der Waals surface area contributed by atoms with Crippen molar-refractivity contribution in [1.29, 1.82) is 0 Å². The van der Waals surface area contributed by atoms with Gasteiger partial charge in [-0.15, -0.1) is 0 Å². The predicted octanol–water partition coefficient (Wildman–Crippen LogP) is 4.30. The number of nitrogens with one attached hydrogen (secondary N) is 1. The van der Waals surface area contributed by atoms with Crippen molar-refractivity contribution in [3.05, 3.63) is 18.0 Å². The molecule has 0 spiro atoms. The molecule has 0 bridgehead atoms. The Balaban J connectivity index is 1.87. The van der Waals surface area contributed by atoms with E-state index in [1.165, 1.54) is 50.5 Å². The third-order valence-corrected chi connectivity index (χ3v) is 4.55. The van der Waals surface area contributed by atoms with E-state index in [0.717, 1.165) is 25.4 Å². The molecule has 0 saturated heterocycles. The Morgan fingerprint density at radius 2 is 2.10 bits per heavy atom. The van der Waals surface area contributed by atoms with Gasteiger partial charge in [0.25, 0.3) is 0 Å². The first-order valence-electron chi connectivity index (χ1n) is 8.59. The number of hydrogen-bond acceptors (Lipinski definition) is 2. The summed E-state index contributed by atoms with van der Waals surface area (Å²) in [6, 6.07) is 0.493. The molecule has 0 aliphatic heterocycles. The lowest BCUT2D eigenvalue weighted by molar-refractivity contribution is 0.315. The molecule has 1 saturated carbocycles. The van der Waals surface area contributed by atoms with Gasteiger partial charge < -0.3 is 5.32 Å². The number of aryl methyl sites for hydroxylation is 1. The highest BCUT2D eigenvalue weighted by Crippen LogP contribution is 2.30. The molecule has 1 unspecified atom stereocenters. The van der Waals surface area contributed by atoms with E-state index in [2.05, 4.69) is 41.3 Å². The van der Waals surface area contributed by atoms with E-state index in [0.29, 0.717) is 6.04 Å². The number of nitrogens with zero attached hydrogens (tertiary/aromatic N) is 2. The first kappa shape index (κ1) is 15.6. The second-order valence-corrected chi connectivity index (χ2v) is 6.23. The highest BCUT2D eigenvalue weighted by molar-refractivity contribution is 5.10. The van der Waals surface area contributed by atoms with Crippen molar-refractivity contribution in [3.8, 4) is 0 Å². The minimum atomic E-state index is 0.493. The van der Waals surface area contributed by atoms with Crippen LogP contribution in [0.1, 0.15) is 76.8 Å². The lowest BCUT2D eigenvalue weighted by atomic mass is 9.84. The molecule has 1 aliphatic carbocycles. The van der Waals surface area contributed by atoms with Crippen molar-refractivity contribution in [2.24, 2.45) is 5.92 Å². The van der Waals surface area contributed by atoms with Gasteiger partial charge in [-0.1, -0.05) is 46.0 Å². The zero-order valence-corrected chi connectivity index (χ0v) is 13.3. The Morgan fingerprint density at radius 1 is 1.30 bits per heavy atom. The minimum Gasteiger partial charge on any atom is -0.310 e. The average Bonchev–Trinajstić information content (AvgIpc) is 2.93. The highest BCUT2D eigenvalue weighted by Gasteiger charge is 2.17. The van der Waals surface area contributed by atoms with E-state index >= 15 is 0 Å². The monoisotopic (exact) mass is 277 g/mol. The van der Waals surface area contributed by atoms with Gasteiger partial charge in [-0.3, -0.25) is 4.68 Å². The molecule has 20 heavy (non-hydrogen) atoms. The van der Waals surface area contributed by atoms with Gasteiger partial charge in [-0.05, 0) is 31.7 Å². The maximum atomic E-state index is 4.48. The normalized spacial score (nSPS) is 18.3. The maximum absolute atomic E-state index is 4.48. The summed E-state index contributed by atoms with van der Waals surface area (Å²) in [5.41, 5.74) is 1.37. The molecule has 1 fully saturated rings. The van der Waals surface area contributed by atoms with Crippen LogP contribution in [0.15, 0.2) is 12.4 Å². The molecule has 1 aromatic heterocycles. The zero-order chi connectivity index (χ0) is 14.2. The summed E-state index contributed by atoms with van der Waals surface area (Å²) < 4.78 is 2.08. The molecular weight excluding hydrogens is 246 g/mol. The second kappa shape index (κ2) is 8.46. The minimum absolute atomic E-state index is 0.493. The topological polar surface area (TPSA) is 29.9 Å². The van der Waals surface area contributed by atoms with Gasteiger partial charge in [0.2, 0.25) is 0 Å². The van der Waals surface area contributed by atoms with E-state index in [9.17, 15) is 0 Å². The van der Waals surface area contributed by atoms with Crippen molar-refractivity contribution >= 4 is 0 Å². The molecule has 3 heteroatoms. The largest absolute Gasteiger partial charge is 0.310 e. The molecule has 1 atom stereocenters. The molecule has 1 N–H and O–H groups in total. The molecule has 3 nitrogen and oxygen atoms in total. The summed E-state index contributed by atoms with van der Waals surface area (Å²) in [4.78, 5) is 0. The van der Waals surface area contributed by atoms with Crippen molar-refractivity contribution in [3.63, 3.8) is 0 Å². The van der Waals surface area contributed by atoms with E-state index in [-0.39, 0.29) is 0 Å². The predicted molar refractivity (Wildman–Crippen MR) is 84.7 cm³/mol. The third kappa shape index (κ3) is 4.62. The average molecular weight is 277 g/mol. The third-order valence-electron chi connectivity index (χ3n) is 4.55. The molecule has 0 aromatic carbocycles. The standard InChI is InChI=1S/C17H31N3/c1-3-12-20-14-16(13-19-20)17(18-4-2)11-10-15-8-6-5-7-9-15/h13-15,17-18H,3-12H2,1-2H3. The van der Waals surface area contributed by atoms with Gasteiger partial charge in [-0.25, -0.2) is 0 Å². The van der Waals surface area contributed by atoms with Gasteiger partial charge in [-0.2, -0.15) is 5.10 Å². The van der Waals surface area contributed by atoms with Crippen LogP contribution >= 0.6 is 0 Å². The maximum Gasteiger partial charge on any atom is 0.0537 e. The van der Waals surface area contributed by atoms with Crippen molar-refractivity contribution in [2.45, 2.75) is 77.8 Å². The fourth-order valence-corrected chi connectivity index (χ4v) is 3.42. The van der Waals surface area contributed by atoms with Gasteiger partial charge in [0, 0.05) is 24.3 Å². The van der Waals surface area contributed by atoms with Crippen LogP contribution in [0.4, 0.5) is 0 Å². The first-order chi connectivity index (χ1) is 9.83. The van der Waals surface area contributed by atoms with Gasteiger partial charge >= 0.3 is 0 Å². The lowest BCUT2D eigenvalue weighted by Gasteiger charge is -2.24. The van der Waals surface area contributed by atoms with Gasteiger partial charge in [0.15, 0.2) is 0 Å². The van der Waals surface area contributed by atoms with E-state index < -0.39 is 0 Å². The van der Waals surface area contributed by atoms with Crippen LogP contribution in [-0.2, 0) is 6.54 Å². The summed E-state index contributed by atoms with van der Waals surface area (Å²) in [7, 11) is 0. The Bertz CT molecular complexity index is 366. The Morgan fingerprint density at radius 3 is 2.80 bits per heavy atom. The van der Waals surface area contributed by atoms with Crippen LogP contribution in [0.5, 0.6) is 0 Å². The van der Waals surface area contributed by atoms with Crippen LogP contribution in [0.2, 0.25) is 0 Å². The van der Waals surface area contributed by atoms with E-state index in [1.54, 1.807) is 0 Å². The fraction of sp³-hybridized carbons (Fsp3) is 0.824. The smallest absolute Gasteiger partial charge is 0.0537 e. The van der Waals surface area contributed by atoms with Crippen LogP contribution in [-0.4, -0.2) is 16.3 Å². The quantitative estimate of drug-likeness (QED) is 0.767. The molecule has 1 aliphatic rings. The van der Waals surface area contributed by atoms with E-state index in [4.69, 9.17) is 0 Å². The summed E-state index contributed by atoms with van der Waals surface area (Å²) in [6.07, 6.45) is 15.3. The van der Waals surface area contributed by atoms with Crippen molar-refractivity contribution < 1.29 is 0 Å². The summed E-state index contributed by atoms with van der Waals surface area (Å²) in [5, 5.41) is 8.12. The van der Waals surface area contributed by atoms with E-state index in [1.807, 2.05) is 0 Å². The van der Waals surface area contributed by atoms with Crippen molar-refractivity contribution in [1.82, 2.24) is 15.1 Å². The highest BCUT2D eigenvalue weighted by atomic mass is 15.3. The summed E-state index contributed by atoms with van der Waals surface area (Å²) in [6.45, 7) is 6.46. The number of hydrogen-bond donors (Lipinski definition) is 1.